The fraction of sp³-hybridized carbons (Fsp3) is 0.0952. The quantitative estimate of drug-likeness (QED) is 0.309. The minimum absolute atomic E-state index is 0.00503. The van der Waals surface area contributed by atoms with Crippen LogP contribution in [0.25, 0.3) is 16.8 Å². The molecular weight excluding hydrogens is 463 g/mol. The molecule has 1 aromatic heterocycles. The Morgan fingerprint density at radius 2 is 1.81 bits per heavy atom. The van der Waals surface area contributed by atoms with E-state index >= 15 is 0 Å². The fourth-order valence-corrected chi connectivity index (χ4v) is 4.29. The van der Waals surface area contributed by atoms with Crippen molar-refractivity contribution in [3.8, 4) is 11.1 Å². The molecule has 0 unspecified atom stereocenters. The molecule has 1 heterocycles. The molecule has 3 aromatic rings. The van der Waals surface area contributed by atoms with E-state index in [0.717, 1.165) is 17.6 Å². The third-order valence-electron chi connectivity index (χ3n) is 4.33. The van der Waals surface area contributed by atoms with Crippen LogP contribution in [0.4, 0.5) is 24.5 Å². The molecule has 0 spiro atoms. The van der Waals surface area contributed by atoms with Crippen LogP contribution in [0, 0.1) is 10.3 Å². The molecule has 0 bridgehead atoms. The summed E-state index contributed by atoms with van der Waals surface area (Å²) in [6.07, 6.45) is -3.15. The highest BCUT2D eigenvalue weighted by atomic mass is 32.2. The molecule has 0 radical (unpaired) electrons. The minimum Gasteiger partial charge on any atom is -0.352 e. The summed E-state index contributed by atoms with van der Waals surface area (Å²) in [5.74, 6) is 0. The van der Waals surface area contributed by atoms with Crippen LogP contribution in [-0.4, -0.2) is 26.6 Å². The van der Waals surface area contributed by atoms with E-state index in [1.54, 1.807) is 35.7 Å². The Hall–Kier alpha value is -3.31. The van der Waals surface area contributed by atoms with Crippen LogP contribution < -0.4 is 5.32 Å². The van der Waals surface area contributed by atoms with Gasteiger partial charge in [0.2, 0.25) is 0 Å². The molecule has 3 rings (SSSR count). The second kappa shape index (κ2) is 9.05. The summed E-state index contributed by atoms with van der Waals surface area (Å²) in [6, 6.07) is 13.8. The number of nitrogens with one attached hydrogen (secondary N) is 2. The highest BCUT2D eigenvalue weighted by Gasteiger charge is 2.33. The molecule has 2 N–H and O–H groups in total. The van der Waals surface area contributed by atoms with Gasteiger partial charge in [0.25, 0.3) is 0 Å². The second-order valence-corrected chi connectivity index (χ2v) is 9.63. The zero-order valence-electron chi connectivity index (χ0n) is 16.5. The van der Waals surface area contributed by atoms with Gasteiger partial charge >= 0.3 is 6.18 Å². The fourth-order valence-electron chi connectivity index (χ4n) is 2.73. The average molecular weight is 480 g/mol. The Balaban J connectivity index is 2.05. The molecule has 6 nitrogen and oxygen atoms in total. The van der Waals surface area contributed by atoms with Crippen LogP contribution in [0.5, 0.6) is 0 Å². The summed E-state index contributed by atoms with van der Waals surface area (Å²) in [5.41, 5.74) is -0.309. The van der Waals surface area contributed by atoms with Gasteiger partial charge < -0.3 is 5.32 Å². The molecule has 0 atom stereocenters. The topological polar surface area (TPSA) is 99.4 Å². The lowest BCUT2D eigenvalue weighted by Crippen LogP contribution is -2.20. The van der Waals surface area contributed by atoms with Crippen LogP contribution in [0.2, 0.25) is 0 Å². The standard InChI is InChI=1S/C21H16F3N3O3S2/c1-32(29,30)15-6-4-5-13(9-15)14-10-19(31-12-14)18(11-20(25)21(22,23)24)26-16-7-2-3-8-17(16)27-28/h2-12,25-26H,1H3/b18-11-,25-20?. The Morgan fingerprint density at radius 3 is 2.47 bits per heavy atom. The first-order chi connectivity index (χ1) is 15.0. The summed E-state index contributed by atoms with van der Waals surface area (Å²) in [6.45, 7) is 0. The maximum Gasteiger partial charge on any atom is 0.432 e. The number of hydrogen-bond donors (Lipinski definition) is 2. The number of nitroso groups, excluding NO2 is 1. The first kappa shape index (κ1) is 23.4. The highest BCUT2D eigenvalue weighted by Crippen LogP contribution is 2.34. The third-order valence-corrected chi connectivity index (χ3v) is 6.40. The third kappa shape index (κ3) is 5.48. The number of alkyl halides is 3. The number of para-hydroxylation sites is 1. The van der Waals surface area contributed by atoms with Crippen molar-refractivity contribution in [1.29, 1.82) is 5.41 Å². The number of benzene rings is 2. The van der Waals surface area contributed by atoms with Crippen LogP contribution in [0.1, 0.15) is 4.88 Å². The first-order valence-corrected chi connectivity index (χ1v) is 11.7. The van der Waals surface area contributed by atoms with Gasteiger partial charge in [0.15, 0.2) is 9.84 Å². The molecule has 0 aliphatic rings. The lowest BCUT2D eigenvalue weighted by atomic mass is 10.1. The predicted molar refractivity (Wildman–Crippen MR) is 120 cm³/mol. The zero-order chi connectivity index (χ0) is 23.5. The lowest BCUT2D eigenvalue weighted by Gasteiger charge is -2.12. The number of anilines is 1. The molecule has 0 saturated heterocycles. The molecule has 0 amide bonds. The Labute approximate surface area is 185 Å². The van der Waals surface area contributed by atoms with Gasteiger partial charge in [-0.3, -0.25) is 5.41 Å². The largest absolute Gasteiger partial charge is 0.432 e. The number of halogens is 3. The van der Waals surface area contributed by atoms with Crippen molar-refractivity contribution in [3.63, 3.8) is 0 Å². The summed E-state index contributed by atoms with van der Waals surface area (Å²) in [4.78, 5) is 11.5. The van der Waals surface area contributed by atoms with E-state index in [-0.39, 0.29) is 22.0 Å². The second-order valence-electron chi connectivity index (χ2n) is 6.70. The maximum atomic E-state index is 13.0. The smallest absolute Gasteiger partial charge is 0.352 e. The van der Waals surface area contributed by atoms with Gasteiger partial charge in [0.1, 0.15) is 11.4 Å². The monoisotopic (exact) mass is 479 g/mol. The molecule has 32 heavy (non-hydrogen) atoms. The van der Waals surface area contributed by atoms with E-state index < -0.39 is 21.7 Å². The molecule has 166 valence electrons. The molecule has 0 aliphatic carbocycles. The van der Waals surface area contributed by atoms with E-state index in [2.05, 4.69) is 10.5 Å². The van der Waals surface area contributed by atoms with E-state index in [9.17, 15) is 26.5 Å². The van der Waals surface area contributed by atoms with Crippen molar-refractivity contribution in [1.82, 2.24) is 0 Å². The van der Waals surface area contributed by atoms with Crippen LogP contribution in [0.3, 0.4) is 0 Å². The van der Waals surface area contributed by atoms with E-state index in [4.69, 9.17) is 5.41 Å². The number of rotatable bonds is 7. The van der Waals surface area contributed by atoms with Crippen molar-refractivity contribution < 1.29 is 21.6 Å². The van der Waals surface area contributed by atoms with E-state index in [1.807, 2.05) is 0 Å². The van der Waals surface area contributed by atoms with Gasteiger partial charge in [-0.05, 0) is 58.1 Å². The summed E-state index contributed by atoms with van der Waals surface area (Å²) < 4.78 is 62.7. The van der Waals surface area contributed by atoms with Crippen molar-refractivity contribution in [2.75, 3.05) is 11.6 Å². The van der Waals surface area contributed by atoms with Crippen LogP contribution in [0.15, 0.2) is 76.1 Å². The molecular formula is C21H16F3N3O3S2. The van der Waals surface area contributed by atoms with Crippen molar-refractivity contribution >= 4 is 44.0 Å². The van der Waals surface area contributed by atoms with Gasteiger partial charge in [-0.1, -0.05) is 24.3 Å². The van der Waals surface area contributed by atoms with Crippen molar-refractivity contribution in [2.24, 2.45) is 5.18 Å². The number of hydrogen-bond acceptors (Lipinski definition) is 7. The maximum absolute atomic E-state index is 13.0. The average Bonchev–Trinajstić information content (AvgIpc) is 3.22. The number of nitrogens with zero attached hydrogens (tertiary/aromatic N) is 1. The summed E-state index contributed by atoms with van der Waals surface area (Å²) in [7, 11) is -3.44. The lowest BCUT2D eigenvalue weighted by molar-refractivity contribution is -0.0583. The number of thiophene rings is 1. The zero-order valence-corrected chi connectivity index (χ0v) is 18.1. The molecule has 0 aliphatic heterocycles. The predicted octanol–water partition coefficient (Wildman–Crippen LogP) is 6.25. The normalized spacial score (nSPS) is 12.4. The van der Waals surface area contributed by atoms with Gasteiger partial charge in [-0.25, -0.2) is 8.42 Å². The van der Waals surface area contributed by atoms with E-state index in [0.29, 0.717) is 22.1 Å². The molecule has 0 saturated carbocycles. The summed E-state index contributed by atoms with van der Waals surface area (Å²) in [5, 5.41) is 14.6. The number of allylic oxidation sites excluding steroid dienone is 1. The van der Waals surface area contributed by atoms with Gasteiger partial charge in [-0.2, -0.15) is 13.2 Å². The van der Waals surface area contributed by atoms with Gasteiger partial charge in [-0.15, -0.1) is 16.2 Å². The Bertz CT molecular complexity index is 1310. The van der Waals surface area contributed by atoms with Crippen LogP contribution in [-0.2, 0) is 9.84 Å². The number of sulfone groups is 1. The Morgan fingerprint density at radius 1 is 1.09 bits per heavy atom. The minimum atomic E-state index is -4.86. The van der Waals surface area contributed by atoms with Crippen LogP contribution >= 0.6 is 11.3 Å². The van der Waals surface area contributed by atoms with Gasteiger partial charge in [0, 0.05) is 6.26 Å². The van der Waals surface area contributed by atoms with Crippen molar-refractivity contribution in [2.45, 2.75) is 11.1 Å². The van der Waals surface area contributed by atoms with Gasteiger partial charge in [0.05, 0.1) is 21.2 Å². The van der Waals surface area contributed by atoms with Crippen molar-refractivity contribution in [3.05, 3.63) is 75.8 Å². The Kier molecular flexibility index (Phi) is 6.60. The SMILES string of the molecule is CS(=O)(=O)c1cccc(-c2csc(/C(=C/C(=N)C(F)(F)F)Nc3ccccc3N=O)c2)c1. The molecule has 2 aromatic carbocycles. The summed E-state index contributed by atoms with van der Waals surface area (Å²) >= 11 is 1.10. The van der Waals surface area contributed by atoms with E-state index in [1.165, 1.54) is 24.3 Å². The molecule has 11 heteroatoms. The highest BCUT2D eigenvalue weighted by molar-refractivity contribution is 7.90. The molecule has 0 fully saturated rings. The first-order valence-electron chi connectivity index (χ1n) is 8.95.